The summed E-state index contributed by atoms with van der Waals surface area (Å²) in [6, 6.07) is 0. The van der Waals surface area contributed by atoms with Crippen molar-refractivity contribution >= 4 is 7.94 Å². The summed E-state index contributed by atoms with van der Waals surface area (Å²) in [5.41, 5.74) is -1.04. The minimum Gasteiger partial charge on any atom is -0.627 e. The zero-order valence-electron chi connectivity index (χ0n) is 12.4. The lowest BCUT2D eigenvalue weighted by Gasteiger charge is -2.25. The number of hydrogen-bond acceptors (Lipinski definition) is 3. The van der Waals surface area contributed by atoms with Crippen molar-refractivity contribution in [3.05, 3.63) is 11.9 Å². The molecule has 0 spiro atoms. The van der Waals surface area contributed by atoms with Crippen LogP contribution in [0.2, 0.25) is 0 Å². The average Bonchev–Trinajstić information content (AvgIpc) is 2.37. The molecule has 0 aliphatic carbocycles. The van der Waals surface area contributed by atoms with Crippen LogP contribution in [0, 0.1) is 0 Å². The van der Waals surface area contributed by atoms with Crippen LogP contribution in [0.15, 0.2) is 11.9 Å². The topological polar surface area (TPSA) is 41.5 Å². The molecule has 1 heterocycles. The van der Waals surface area contributed by atoms with Gasteiger partial charge < -0.3 is 4.89 Å². The van der Waals surface area contributed by atoms with Gasteiger partial charge in [0.25, 0.3) is 7.94 Å². The maximum Gasteiger partial charge on any atom is 0.265 e. The summed E-state index contributed by atoms with van der Waals surface area (Å²) in [5.74, 6) is 1.63. The minimum atomic E-state index is -3.05. The van der Waals surface area contributed by atoms with Gasteiger partial charge in [-0.3, -0.25) is 0 Å². The Hall–Kier alpha value is 0.0500. The van der Waals surface area contributed by atoms with E-state index in [1.165, 1.54) is 19.3 Å². The zero-order valence-corrected chi connectivity index (χ0v) is 13.3. The van der Waals surface area contributed by atoms with Crippen LogP contribution >= 0.6 is 7.94 Å². The van der Waals surface area contributed by atoms with Gasteiger partial charge in [-0.05, 0) is 46.6 Å². The van der Waals surface area contributed by atoms with Crippen molar-refractivity contribution in [1.82, 2.24) is 0 Å². The zero-order chi connectivity index (χ0) is 13.9. The van der Waals surface area contributed by atoms with Gasteiger partial charge in [0.1, 0.15) is 17.0 Å². The first-order valence-corrected chi connectivity index (χ1v) is 8.52. The van der Waals surface area contributed by atoms with E-state index in [1.54, 1.807) is 5.82 Å². The van der Waals surface area contributed by atoms with Gasteiger partial charge in [0.05, 0.1) is 0 Å². The molecule has 1 fully saturated rings. The Morgan fingerprint density at radius 1 is 1.00 bits per heavy atom. The van der Waals surface area contributed by atoms with Crippen LogP contribution in [0.3, 0.4) is 0 Å². The summed E-state index contributed by atoms with van der Waals surface area (Å²) < 4.78 is 11.3. The predicted molar refractivity (Wildman–Crippen MR) is 75.1 cm³/mol. The summed E-state index contributed by atoms with van der Waals surface area (Å²) in [4.78, 5) is 12.4. The monoisotopic (exact) mass is 274 g/mol. The number of allylic oxidation sites excluding steroid dienone is 1. The molecule has 0 unspecified atom stereocenters. The molecule has 1 aliphatic heterocycles. The molecule has 1 aliphatic rings. The lowest BCUT2D eigenvalue weighted by molar-refractivity contribution is -0.207. The van der Waals surface area contributed by atoms with Gasteiger partial charge in [-0.25, -0.2) is 0 Å². The largest absolute Gasteiger partial charge is 0.627 e. The summed E-state index contributed by atoms with van der Waals surface area (Å²) >= 11 is 0. The van der Waals surface area contributed by atoms with Crippen LogP contribution in [-0.2, 0) is 9.05 Å². The van der Waals surface area contributed by atoms with E-state index in [1.807, 2.05) is 33.8 Å². The van der Waals surface area contributed by atoms with Gasteiger partial charge in [-0.1, -0.05) is 26.2 Å². The molecular weight excluding hydrogens is 247 g/mol. The molecule has 0 amide bonds. The van der Waals surface area contributed by atoms with Crippen LogP contribution in [0.5, 0.6) is 0 Å². The number of hydrogen-bond donors (Lipinski definition) is 0. The van der Waals surface area contributed by atoms with Crippen molar-refractivity contribution in [3.63, 3.8) is 0 Å². The van der Waals surface area contributed by atoms with E-state index in [0.29, 0.717) is 0 Å². The van der Waals surface area contributed by atoms with E-state index in [-0.39, 0.29) is 0 Å². The Bertz CT molecular complexity index is 281. The van der Waals surface area contributed by atoms with Crippen LogP contribution < -0.4 is 4.89 Å². The fraction of sp³-hybridized carbons (Fsp3) is 0.857. The normalized spacial score (nSPS) is 24.8. The average molecular weight is 274 g/mol. The highest BCUT2D eigenvalue weighted by molar-refractivity contribution is 7.62. The third-order valence-corrected chi connectivity index (χ3v) is 5.67. The minimum absolute atomic E-state index is 0.519. The highest BCUT2D eigenvalue weighted by Gasteiger charge is 2.59. The van der Waals surface area contributed by atoms with E-state index >= 15 is 0 Å². The van der Waals surface area contributed by atoms with Crippen molar-refractivity contribution in [2.45, 2.75) is 77.9 Å². The Kier molecular flexibility index (Phi) is 5.37. The molecule has 0 radical (unpaired) electrons. The Morgan fingerprint density at radius 3 is 2.06 bits per heavy atom. The van der Waals surface area contributed by atoms with Gasteiger partial charge in [0, 0.05) is 0 Å². The molecule has 106 valence electrons. The molecule has 0 saturated carbocycles. The summed E-state index contributed by atoms with van der Waals surface area (Å²) in [5, 5.41) is 0. The Morgan fingerprint density at radius 2 is 1.56 bits per heavy atom. The molecule has 0 aromatic rings. The molecule has 18 heavy (non-hydrogen) atoms. The lowest BCUT2D eigenvalue weighted by atomic mass is 9.90. The standard InChI is InChI=1S/C14H27O3P/c1-6-7-8-9-10-11-12-18(15)16-13(2,3)14(4,5)17-18/h11-12H,6-10H2,1-5H3/b12-11+. The van der Waals surface area contributed by atoms with E-state index < -0.39 is 19.1 Å². The second-order valence-electron chi connectivity index (χ2n) is 5.98. The highest BCUT2D eigenvalue weighted by Crippen LogP contribution is 2.67. The molecule has 3 nitrogen and oxygen atoms in total. The highest BCUT2D eigenvalue weighted by atomic mass is 31.2. The first-order chi connectivity index (χ1) is 8.22. The second-order valence-corrected chi connectivity index (χ2v) is 7.72. The van der Waals surface area contributed by atoms with Crippen LogP contribution in [0.4, 0.5) is 0 Å². The Labute approximate surface area is 112 Å². The van der Waals surface area contributed by atoms with Crippen molar-refractivity contribution in [2.75, 3.05) is 0 Å². The third-order valence-electron chi connectivity index (χ3n) is 3.67. The molecule has 0 atom stereocenters. The fourth-order valence-electron chi connectivity index (χ4n) is 1.83. The third kappa shape index (κ3) is 4.03. The van der Waals surface area contributed by atoms with Gasteiger partial charge in [0.2, 0.25) is 0 Å². The first-order valence-electron chi connectivity index (χ1n) is 6.91. The number of rotatable bonds is 6. The maximum absolute atomic E-state index is 12.4. The SMILES string of the molecule is CCCCCC/C=C/[P+]1([O-])OC(C)(C)C(C)(C)O1. The molecule has 4 heteroatoms. The van der Waals surface area contributed by atoms with Crippen LogP contribution in [0.1, 0.15) is 66.7 Å². The van der Waals surface area contributed by atoms with Crippen LogP contribution in [-0.4, -0.2) is 11.2 Å². The van der Waals surface area contributed by atoms with E-state index in [0.717, 1.165) is 12.8 Å². The summed E-state index contributed by atoms with van der Waals surface area (Å²) in [6.45, 7) is 9.87. The number of unbranched alkanes of at least 4 members (excludes halogenated alkanes) is 4. The summed E-state index contributed by atoms with van der Waals surface area (Å²) in [6.07, 6.45) is 7.74. The first kappa shape index (κ1) is 16.1. The lowest BCUT2D eigenvalue weighted by Crippen LogP contribution is -2.41. The predicted octanol–water partition coefficient (Wildman–Crippen LogP) is 4.20. The van der Waals surface area contributed by atoms with E-state index in [9.17, 15) is 4.89 Å². The van der Waals surface area contributed by atoms with Gasteiger partial charge in [0.15, 0.2) is 0 Å². The molecule has 1 saturated heterocycles. The second kappa shape index (κ2) is 6.00. The van der Waals surface area contributed by atoms with Crippen LogP contribution in [0.25, 0.3) is 0 Å². The molecule has 0 aromatic carbocycles. The maximum atomic E-state index is 12.4. The van der Waals surface area contributed by atoms with Crippen molar-refractivity contribution in [3.8, 4) is 0 Å². The fourth-order valence-corrected chi connectivity index (χ4v) is 4.11. The van der Waals surface area contributed by atoms with E-state index in [2.05, 4.69) is 6.92 Å². The van der Waals surface area contributed by atoms with Gasteiger partial charge in [-0.15, -0.1) is 0 Å². The van der Waals surface area contributed by atoms with Gasteiger partial charge in [-0.2, -0.15) is 9.05 Å². The van der Waals surface area contributed by atoms with Crippen molar-refractivity contribution < 1.29 is 13.9 Å². The Balaban J connectivity index is 2.45. The van der Waals surface area contributed by atoms with Crippen molar-refractivity contribution in [2.24, 2.45) is 0 Å². The molecule has 0 bridgehead atoms. The quantitative estimate of drug-likeness (QED) is 0.538. The molecule has 1 rings (SSSR count). The van der Waals surface area contributed by atoms with Crippen molar-refractivity contribution in [1.29, 1.82) is 0 Å². The summed E-state index contributed by atoms with van der Waals surface area (Å²) in [7, 11) is -3.05. The molecule has 0 aromatic heterocycles. The molecular formula is C14H27O3P. The smallest absolute Gasteiger partial charge is 0.265 e. The van der Waals surface area contributed by atoms with Gasteiger partial charge >= 0.3 is 0 Å². The molecule has 0 N–H and O–H groups in total. The van der Waals surface area contributed by atoms with E-state index in [4.69, 9.17) is 9.05 Å².